The predicted octanol–water partition coefficient (Wildman–Crippen LogP) is -0.0236. The number of morpholine rings is 1. The number of hydrogen-bond donors (Lipinski definition) is 1. The minimum Gasteiger partial charge on any atom is -0.394 e. The van der Waals surface area contributed by atoms with E-state index < -0.39 is 0 Å². The van der Waals surface area contributed by atoms with E-state index in [1.807, 2.05) is 0 Å². The number of ether oxygens (including phenoxy) is 1. The quantitative estimate of drug-likeness (QED) is 0.772. The zero-order valence-corrected chi connectivity index (χ0v) is 8.94. The molecular weight excluding hydrogens is 216 g/mol. The fourth-order valence-corrected chi connectivity index (χ4v) is 2.06. The van der Waals surface area contributed by atoms with Crippen LogP contribution in [-0.2, 0) is 4.74 Å². The summed E-state index contributed by atoms with van der Waals surface area (Å²) < 4.78 is 5.20. The average Bonchev–Trinajstić information content (AvgIpc) is 2.81. The molecule has 0 bridgehead atoms. The minimum absolute atomic E-state index is 0.0735. The zero-order valence-electron chi connectivity index (χ0n) is 8.13. The average molecular weight is 228 g/mol. The molecular formula is C9H12N2O3S. The van der Waals surface area contributed by atoms with Gasteiger partial charge in [0.25, 0.3) is 5.91 Å². The number of aliphatic hydroxyl groups is 1. The Kier molecular flexibility index (Phi) is 3.30. The van der Waals surface area contributed by atoms with Crippen molar-refractivity contribution in [2.75, 3.05) is 26.4 Å². The van der Waals surface area contributed by atoms with E-state index in [-0.39, 0.29) is 18.6 Å². The van der Waals surface area contributed by atoms with E-state index in [0.717, 1.165) is 0 Å². The SMILES string of the molecule is O=C(c1cscn1)N1CCOCC1CO. The molecule has 1 aliphatic heterocycles. The number of carbonyl (C=O) groups is 1. The molecule has 1 aromatic heterocycles. The van der Waals surface area contributed by atoms with Gasteiger partial charge in [0.15, 0.2) is 0 Å². The molecule has 2 rings (SSSR count). The summed E-state index contributed by atoms with van der Waals surface area (Å²) >= 11 is 1.39. The molecule has 15 heavy (non-hydrogen) atoms. The van der Waals surface area contributed by atoms with E-state index in [4.69, 9.17) is 9.84 Å². The van der Waals surface area contributed by atoms with Gasteiger partial charge in [-0.2, -0.15) is 0 Å². The van der Waals surface area contributed by atoms with Crippen molar-refractivity contribution in [1.29, 1.82) is 0 Å². The predicted molar refractivity (Wildman–Crippen MR) is 54.8 cm³/mol. The number of rotatable bonds is 2. The maximum absolute atomic E-state index is 11.9. The first-order valence-corrected chi connectivity index (χ1v) is 5.65. The molecule has 1 atom stereocenters. The number of aromatic nitrogens is 1. The number of amides is 1. The first-order valence-electron chi connectivity index (χ1n) is 4.70. The summed E-state index contributed by atoms with van der Waals surface area (Å²) in [6.07, 6.45) is 0. The fraction of sp³-hybridized carbons (Fsp3) is 0.556. The Morgan fingerprint density at radius 2 is 2.67 bits per heavy atom. The highest BCUT2D eigenvalue weighted by Gasteiger charge is 2.28. The van der Waals surface area contributed by atoms with E-state index in [1.165, 1.54) is 11.3 Å². The number of carbonyl (C=O) groups excluding carboxylic acids is 1. The molecule has 1 N–H and O–H groups in total. The number of aliphatic hydroxyl groups excluding tert-OH is 1. The lowest BCUT2D eigenvalue weighted by Gasteiger charge is -2.33. The number of hydrogen-bond acceptors (Lipinski definition) is 5. The summed E-state index contributed by atoms with van der Waals surface area (Å²) in [6, 6.07) is -0.243. The highest BCUT2D eigenvalue weighted by Crippen LogP contribution is 2.12. The molecule has 1 saturated heterocycles. The highest BCUT2D eigenvalue weighted by molar-refractivity contribution is 7.07. The van der Waals surface area contributed by atoms with Crippen LogP contribution in [0.15, 0.2) is 10.9 Å². The van der Waals surface area contributed by atoms with Crippen LogP contribution in [0, 0.1) is 0 Å². The molecule has 82 valence electrons. The number of nitrogens with zero attached hydrogens (tertiary/aromatic N) is 2. The van der Waals surface area contributed by atoms with Crippen molar-refractivity contribution in [3.63, 3.8) is 0 Å². The van der Waals surface area contributed by atoms with Gasteiger partial charge in [-0.05, 0) is 0 Å². The lowest BCUT2D eigenvalue weighted by atomic mass is 10.2. The first kappa shape index (κ1) is 10.5. The van der Waals surface area contributed by atoms with Crippen molar-refractivity contribution in [1.82, 2.24) is 9.88 Å². The van der Waals surface area contributed by atoms with Crippen molar-refractivity contribution >= 4 is 17.2 Å². The third-order valence-electron chi connectivity index (χ3n) is 2.35. The van der Waals surface area contributed by atoms with Gasteiger partial charge in [-0.1, -0.05) is 0 Å². The second-order valence-electron chi connectivity index (χ2n) is 3.28. The molecule has 1 aromatic rings. The Morgan fingerprint density at radius 1 is 1.80 bits per heavy atom. The molecule has 0 radical (unpaired) electrons. The van der Waals surface area contributed by atoms with Crippen molar-refractivity contribution in [3.05, 3.63) is 16.6 Å². The smallest absolute Gasteiger partial charge is 0.273 e. The van der Waals surface area contributed by atoms with Gasteiger partial charge in [-0.25, -0.2) is 4.98 Å². The molecule has 1 unspecified atom stereocenters. The van der Waals surface area contributed by atoms with Gasteiger partial charge in [-0.3, -0.25) is 4.79 Å². The van der Waals surface area contributed by atoms with Crippen LogP contribution < -0.4 is 0 Å². The topological polar surface area (TPSA) is 62.7 Å². The van der Waals surface area contributed by atoms with Crippen molar-refractivity contribution < 1.29 is 14.6 Å². The summed E-state index contributed by atoms with van der Waals surface area (Å²) in [4.78, 5) is 17.5. The second kappa shape index (κ2) is 4.69. The van der Waals surface area contributed by atoms with Crippen LogP contribution >= 0.6 is 11.3 Å². The van der Waals surface area contributed by atoms with Crippen LogP contribution in [0.5, 0.6) is 0 Å². The Balaban J connectivity index is 2.11. The molecule has 1 fully saturated rings. The van der Waals surface area contributed by atoms with Crippen LogP contribution in [0.4, 0.5) is 0 Å². The summed E-state index contributed by atoms with van der Waals surface area (Å²) in [7, 11) is 0. The second-order valence-corrected chi connectivity index (χ2v) is 4.00. The van der Waals surface area contributed by atoms with Crippen molar-refractivity contribution in [2.24, 2.45) is 0 Å². The summed E-state index contributed by atoms with van der Waals surface area (Å²) in [5.41, 5.74) is 2.07. The van der Waals surface area contributed by atoms with E-state index >= 15 is 0 Å². The molecule has 0 spiro atoms. The lowest BCUT2D eigenvalue weighted by Crippen LogP contribution is -2.50. The third-order valence-corrected chi connectivity index (χ3v) is 2.94. The Labute approximate surface area is 91.3 Å². The maximum Gasteiger partial charge on any atom is 0.273 e. The normalized spacial score (nSPS) is 21.7. The largest absolute Gasteiger partial charge is 0.394 e. The molecule has 0 saturated carbocycles. The highest BCUT2D eigenvalue weighted by atomic mass is 32.1. The van der Waals surface area contributed by atoms with Crippen LogP contribution in [0.3, 0.4) is 0 Å². The van der Waals surface area contributed by atoms with Crippen molar-refractivity contribution in [3.8, 4) is 0 Å². The molecule has 0 aromatic carbocycles. The third kappa shape index (κ3) is 2.17. The van der Waals surface area contributed by atoms with Gasteiger partial charge in [-0.15, -0.1) is 11.3 Å². The van der Waals surface area contributed by atoms with Gasteiger partial charge in [0, 0.05) is 11.9 Å². The Hall–Kier alpha value is -0.980. The Bertz CT molecular complexity index is 328. The van der Waals surface area contributed by atoms with Gasteiger partial charge in [0.05, 0.1) is 31.4 Å². The van der Waals surface area contributed by atoms with E-state index in [0.29, 0.717) is 25.5 Å². The summed E-state index contributed by atoms with van der Waals surface area (Å²) in [5, 5.41) is 10.8. The summed E-state index contributed by atoms with van der Waals surface area (Å²) in [6.45, 7) is 1.36. The zero-order chi connectivity index (χ0) is 10.7. The lowest BCUT2D eigenvalue weighted by molar-refractivity contribution is -0.0186. The molecule has 2 heterocycles. The molecule has 5 nitrogen and oxygen atoms in total. The van der Waals surface area contributed by atoms with Crippen LogP contribution in [0.1, 0.15) is 10.5 Å². The van der Waals surface area contributed by atoms with Crippen LogP contribution in [0.25, 0.3) is 0 Å². The fourth-order valence-electron chi connectivity index (χ4n) is 1.54. The van der Waals surface area contributed by atoms with E-state index in [2.05, 4.69) is 4.98 Å². The minimum atomic E-state index is -0.243. The number of thiazole rings is 1. The van der Waals surface area contributed by atoms with Gasteiger partial charge in [0.2, 0.25) is 0 Å². The maximum atomic E-state index is 11.9. The van der Waals surface area contributed by atoms with Gasteiger partial charge in [0.1, 0.15) is 5.69 Å². The molecule has 6 heteroatoms. The van der Waals surface area contributed by atoms with Crippen molar-refractivity contribution in [2.45, 2.75) is 6.04 Å². The Morgan fingerprint density at radius 3 is 3.33 bits per heavy atom. The molecule has 1 aliphatic rings. The van der Waals surface area contributed by atoms with Gasteiger partial charge >= 0.3 is 0 Å². The molecule has 1 amide bonds. The van der Waals surface area contributed by atoms with Crippen LogP contribution in [-0.4, -0.2) is 53.3 Å². The monoisotopic (exact) mass is 228 g/mol. The standard InChI is InChI=1S/C9H12N2O3S/c12-3-7-4-14-2-1-11(7)9(13)8-5-15-6-10-8/h5-7,12H,1-4H2. The summed E-state index contributed by atoms with van der Waals surface area (Å²) in [5.74, 6) is -0.126. The van der Waals surface area contributed by atoms with Crippen LogP contribution in [0.2, 0.25) is 0 Å². The molecule has 0 aliphatic carbocycles. The van der Waals surface area contributed by atoms with Gasteiger partial charge < -0.3 is 14.7 Å². The first-order chi connectivity index (χ1) is 7.33. The van der Waals surface area contributed by atoms with E-state index in [9.17, 15) is 4.79 Å². The van der Waals surface area contributed by atoms with E-state index in [1.54, 1.807) is 15.8 Å².